The quantitative estimate of drug-likeness (QED) is 0.314. The van der Waals surface area contributed by atoms with E-state index in [1.54, 1.807) is 21.3 Å². The highest BCUT2D eigenvalue weighted by Gasteiger charge is 2.07. The molecule has 0 heterocycles. The molecule has 7 heteroatoms. The molecule has 1 unspecified atom stereocenters. The summed E-state index contributed by atoms with van der Waals surface area (Å²) >= 11 is 0. The number of methoxy groups -OCH3 is 2. The lowest BCUT2D eigenvalue weighted by molar-refractivity contribution is 0.223. The fraction of sp³-hybridized carbons (Fsp3) is 0.381. The minimum Gasteiger partial charge on any atom is -0.497 e. The van der Waals surface area contributed by atoms with Crippen molar-refractivity contribution in [2.45, 2.75) is 19.4 Å². The van der Waals surface area contributed by atoms with Crippen LogP contribution in [0.2, 0.25) is 0 Å². The molecule has 0 aliphatic rings. The van der Waals surface area contributed by atoms with Crippen molar-refractivity contribution in [3.05, 3.63) is 54.1 Å². The fourth-order valence-electron chi connectivity index (χ4n) is 2.61. The molecule has 0 saturated heterocycles. The van der Waals surface area contributed by atoms with Crippen molar-refractivity contribution in [1.82, 2.24) is 10.6 Å². The number of guanidine groups is 1. The Kier molecular flexibility index (Phi) is 11.2. The fourth-order valence-corrected chi connectivity index (χ4v) is 2.61. The van der Waals surface area contributed by atoms with Crippen molar-refractivity contribution >= 4 is 29.9 Å². The molecule has 2 aromatic rings. The van der Waals surface area contributed by atoms with Gasteiger partial charge in [0, 0.05) is 13.6 Å². The summed E-state index contributed by atoms with van der Waals surface area (Å²) in [6.07, 6.45) is 0.842. The first-order valence-electron chi connectivity index (χ1n) is 9.03. The summed E-state index contributed by atoms with van der Waals surface area (Å²) in [6, 6.07) is 15.6. The summed E-state index contributed by atoms with van der Waals surface area (Å²) in [7, 11) is 5.10. The normalized spacial score (nSPS) is 11.8. The third kappa shape index (κ3) is 7.84. The highest BCUT2D eigenvalue weighted by atomic mass is 127. The number of halogens is 1. The van der Waals surface area contributed by atoms with Crippen LogP contribution in [0.1, 0.15) is 12.5 Å². The largest absolute Gasteiger partial charge is 0.497 e. The minimum absolute atomic E-state index is 0. The van der Waals surface area contributed by atoms with E-state index in [0.717, 1.165) is 36.2 Å². The lowest BCUT2D eigenvalue weighted by atomic mass is 10.1. The van der Waals surface area contributed by atoms with E-state index in [9.17, 15) is 0 Å². The predicted molar refractivity (Wildman–Crippen MR) is 125 cm³/mol. The van der Waals surface area contributed by atoms with E-state index in [0.29, 0.717) is 6.54 Å². The molecule has 1 atom stereocenters. The maximum absolute atomic E-state index is 5.90. The number of rotatable bonds is 9. The van der Waals surface area contributed by atoms with Gasteiger partial charge in [-0.2, -0.15) is 0 Å². The third-order valence-corrected chi connectivity index (χ3v) is 4.06. The Labute approximate surface area is 184 Å². The maximum Gasteiger partial charge on any atom is 0.191 e. The molecule has 0 aromatic heterocycles. The monoisotopic (exact) mass is 499 g/mol. The lowest BCUT2D eigenvalue weighted by Crippen LogP contribution is -2.42. The molecule has 0 bridgehead atoms. The van der Waals surface area contributed by atoms with Gasteiger partial charge in [-0.05, 0) is 49.2 Å². The molecule has 0 spiro atoms. The lowest BCUT2D eigenvalue weighted by Gasteiger charge is -2.18. The van der Waals surface area contributed by atoms with E-state index in [-0.39, 0.29) is 30.1 Å². The van der Waals surface area contributed by atoms with Gasteiger partial charge >= 0.3 is 0 Å². The van der Waals surface area contributed by atoms with Crippen LogP contribution in [-0.4, -0.2) is 46.4 Å². The molecule has 0 aliphatic carbocycles. The van der Waals surface area contributed by atoms with Crippen molar-refractivity contribution < 1.29 is 14.2 Å². The van der Waals surface area contributed by atoms with Gasteiger partial charge in [0.2, 0.25) is 0 Å². The van der Waals surface area contributed by atoms with E-state index < -0.39 is 0 Å². The summed E-state index contributed by atoms with van der Waals surface area (Å²) in [5, 5.41) is 6.60. The molecule has 6 nitrogen and oxygen atoms in total. The topological polar surface area (TPSA) is 64.1 Å². The van der Waals surface area contributed by atoms with Crippen LogP contribution in [0.25, 0.3) is 0 Å². The van der Waals surface area contributed by atoms with Crippen LogP contribution >= 0.6 is 24.0 Å². The standard InChI is InChI=1S/C21H29N3O3.HI/c1-16(27-19-11-9-18(25-3)10-12-19)15-24-21(22-2)23-14-13-17-7-5-6-8-20(17)26-4;/h5-12,16H,13-15H2,1-4H3,(H2,22,23,24);1H. The van der Waals surface area contributed by atoms with E-state index in [1.807, 2.05) is 49.4 Å². The number of hydrogen-bond donors (Lipinski definition) is 2. The van der Waals surface area contributed by atoms with Gasteiger partial charge in [-0.3, -0.25) is 4.99 Å². The molecule has 154 valence electrons. The zero-order valence-electron chi connectivity index (χ0n) is 16.9. The average molecular weight is 499 g/mol. The molecule has 0 amide bonds. The zero-order valence-corrected chi connectivity index (χ0v) is 19.2. The second-order valence-electron chi connectivity index (χ2n) is 6.05. The van der Waals surface area contributed by atoms with Crippen molar-refractivity contribution in [2.24, 2.45) is 4.99 Å². The van der Waals surface area contributed by atoms with E-state index in [1.165, 1.54) is 5.56 Å². The number of aliphatic imine (C=N–C) groups is 1. The van der Waals surface area contributed by atoms with Crippen LogP contribution in [-0.2, 0) is 6.42 Å². The molecular formula is C21H30IN3O3. The van der Waals surface area contributed by atoms with Crippen LogP contribution in [0, 0.1) is 0 Å². The summed E-state index contributed by atoms with van der Waals surface area (Å²) in [4.78, 5) is 4.25. The van der Waals surface area contributed by atoms with Gasteiger partial charge in [0.1, 0.15) is 23.4 Å². The number of nitrogens with one attached hydrogen (secondary N) is 2. The van der Waals surface area contributed by atoms with E-state index in [2.05, 4.69) is 21.7 Å². The number of para-hydroxylation sites is 1. The number of ether oxygens (including phenoxy) is 3. The molecule has 2 rings (SSSR count). The van der Waals surface area contributed by atoms with Crippen molar-refractivity contribution in [2.75, 3.05) is 34.4 Å². The SMILES string of the molecule is CN=C(NCCc1ccccc1OC)NCC(C)Oc1ccc(OC)cc1.I. The molecule has 0 aliphatic heterocycles. The maximum atomic E-state index is 5.90. The number of hydrogen-bond acceptors (Lipinski definition) is 4. The Hall–Kier alpha value is -2.16. The van der Waals surface area contributed by atoms with E-state index >= 15 is 0 Å². The number of benzene rings is 2. The third-order valence-electron chi connectivity index (χ3n) is 4.06. The van der Waals surface area contributed by atoms with E-state index in [4.69, 9.17) is 14.2 Å². The van der Waals surface area contributed by atoms with Crippen molar-refractivity contribution in [3.63, 3.8) is 0 Å². The van der Waals surface area contributed by atoms with Gasteiger partial charge in [0.05, 0.1) is 20.8 Å². The van der Waals surface area contributed by atoms with Gasteiger partial charge in [-0.15, -0.1) is 24.0 Å². The predicted octanol–water partition coefficient (Wildman–Crippen LogP) is 3.50. The molecule has 2 aromatic carbocycles. The molecule has 2 N–H and O–H groups in total. The molecule has 0 saturated carbocycles. The Morgan fingerprint density at radius 1 is 0.964 bits per heavy atom. The first-order chi connectivity index (χ1) is 13.2. The van der Waals surface area contributed by atoms with Gasteiger partial charge in [-0.25, -0.2) is 0 Å². The smallest absolute Gasteiger partial charge is 0.191 e. The second kappa shape index (κ2) is 13.1. The number of nitrogens with zero attached hydrogens (tertiary/aromatic N) is 1. The Bertz CT molecular complexity index is 723. The van der Waals surface area contributed by atoms with Crippen LogP contribution in [0.4, 0.5) is 0 Å². The highest BCUT2D eigenvalue weighted by Crippen LogP contribution is 2.18. The zero-order chi connectivity index (χ0) is 19.5. The van der Waals surface area contributed by atoms with Gasteiger partial charge < -0.3 is 24.8 Å². The van der Waals surface area contributed by atoms with Crippen LogP contribution in [0.5, 0.6) is 17.2 Å². The van der Waals surface area contributed by atoms with Crippen molar-refractivity contribution in [1.29, 1.82) is 0 Å². The molecule has 28 heavy (non-hydrogen) atoms. The van der Waals surface area contributed by atoms with Crippen molar-refractivity contribution in [3.8, 4) is 17.2 Å². The molecule has 0 fully saturated rings. The highest BCUT2D eigenvalue weighted by molar-refractivity contribution is 14.0. The minimum atomic E-state index is -0.00818. The van der Waals surface area contributed by atoms with Crippen LogP contribution in [0.3, 0.4) is 0 Å². The molecule has 0 radical (unpaired) electrons. The Morgan fingerprint density at radius 3 is 2.29 bits per heavy atom. The average Bonchev–Trinajstić information content (AvgIpc) is 2.71. The summed E-state index contributed by atoms with van der Waals surface area (Å²) < 4.78 is 16.4. The Balaban J connectivity index is 0.00000392. The first-order valence-corrected chi connectivity index (χ1v) is 9.03. The molecular weight excluding hydrogens is 469 g/mol. The van der Waals surface area contributed by atoms with Gasteiger partial charge in [0.25, 0.3) is 0 Å². The van der Waals surface area contributed by atoms with Gasteiger partial charge in [-0.1, -0.05) is 18.2 Å². The van der Waals surface area contributed by atoms with Gasteiger partial charge in [0.15, 0.2) is 5.96 Å². The summed E-state index contributed by atoms with van der Waals surface area (Å²) in [5.74, 6) is 3.27. The second-order valence-corrected chi connectivity index (χ2v) is 6.05. The summed E-state index contributed by atoms with van der Waals surface area (Å²) in [6.45, 7) is 3.41. The van der Waals surface area contributed by atoms with Crippen LogP contribution < -0.4 is 24.8 Å². The first kappa shape index (κ1) is 23.9. The Morgan fingerprint density at radius 2 is 1.64 bits per heavy atom. The van der Waals surface area contributed by atoms with Crippen LogP contribution in [0.15, 0.2) is 53.5 Å². The summed E-state index contributed by atoms with van der Waals surface area (Å²) in [5.41, 5.74) is 1.17.